The average Bonchev–Trinajstić information content (AvgIpc) is 3.98. The van der Waals surface area contributed by atoms with Gasteiger partial charge in [0.2, 0.25) is 0 Å². The molecule has 2 aliphatic carbocycles. The molecule has 10 aromatic carbocycles. The molecule has 0 radical (unpaired) electrons. The van der Waals surface area contributed by atoms with Crippen molar-refractivity contribution in [1.82, 2.24) is 0 Å². The third kappa shape index (κ3) is 5.61. The standard InChI is InChI=1S/C64H45NO/c1-63(2)56-27-12-9-23-51(56)52-37-36-49(41-59(52)63)65(47-34-31-42(32-35-47)43-33-38-61-55(40-43)53-24-11-14-30-60(53)66-61)48-22-15-17-44(39-48)50-26-16-29-58-62(50)54-25-10-13-28-57(54)64(58,45-18-5-3-6-19-45)46-20-7-4-8-21-46/h3-41H,1-2H3. The van der Waals surface area contributed by atoms with Gasteiger partial charge in [0.05, 0.1) is 5.41 Å². The molecule has 13 rings (SSSR count). The molecule has 2 heteroatoms. The Labute approximate surface area is 385 Å². The predicted octanol–water partition coefficient (Wildman–Crippen LogP) is 17.1. The first-order valence-electron chi connectivity index (χ1n) is 23.0. The van der Waals surface area contributed by atoms with Crippen LogP contribution < -0.4 is 4.90 Å². The van der Waals surface area contributed by atoms with Crippen molar-refractivity contribution in [3.8, 4) is 44.5 Å². The number of hydrogen-bond donors (Lipinski definition) is 0. The van der Waals surface area contributed by atoms with E-state index >= 15 is 0 Å². The highest BCUT2D eigenvalue weighted by Gasteiger charge is 2.46. The van der Waals surface area contributed by atoms with Crippen molar-refractivity contribution in [3.05, 3.63) is 270 Å². The number of anilines is 3. The second-order valence-electron chi connectivity index (χ2n) is 18.4. The van der Waals surface area contributed by atoms with E-state index in [1.165, 1.54) is 66.8 Å². The summed E-state index contributed by atoms with van der Waals surface area (Å²) >= 11 is 0. The van der Waals surface area contributed by atoms with Gasteiger partial charge < -0.3 is 9.32 Å². The molecule has 0 spiro atoms. The molecule has 2 aliphatic rings. The van der Waals surface area contributed by atoms with Gasteiger partial charge >= 0.3 is 0 Å². The lowest BCUT2D eigenvalue weighted by Crippen LogP contribution is -2.28. The van der Waals surface area contributed by atoms with Gasteiger partial charge in [-0.05, 0) is 132 Å². The first-order valence-corrected chi connectivity index (χ1v) is 23.0. The zero-order valence-electron chi connectivity index (χ0n) is 36.9. The molecule has 0 saturated carbocycles. The van der Waals surface area contributed by atoms with Gasteiger partial charge in [-0.2, -0.15) is 0 Å². The van der Waals surface area contributed by atoms with Crippen LogP contribution in [-0.2, 0) is 10.8 Å². The van der Waals surface area contributed by atoms with E-state index in [0.29, 0.717) is 0 Å². The molecule has 0 atom stereocenters. The monoisotopic (exact) mass is 843 g/mol. The number of furan rings is 1. The van der Waals surface area contributed by atoms with E-state index in [4.69, 9.17) is 4.42 Å². The molecule has 0 fully saturated rings. The quantitative estimate of drug-likeness (QED) is 0.159. The Kier molecular flexibility index (Phi) is 8.51. The second kappa shape index (κ2) is 14.7. The van der Waals surface area contributed by atoms with Crippen molar-refractivity contribution >= 4 is 39.0 Å². The summed E-state index contributed by atoms with van der Waals surface area (Å²) in [7, 11) is 0. The maximum absolute atomic E-state index is 6.19. The Balaban J connectivity index is 0.979. The fraction of sp³-hybridized carbons (Fsp3) is 0.0625. The smallest absolute Gasteiger partial charge is 0.135 e. The topological polar surface area (TPSA) is 16.4 Å². The molecule has 2 nitrogen and oxygen atoms in total. The molecule has 1 heterocycles. The molecule has 0 bridgehead atoms. The highest BCUT2D eigenvalue weighted by molar-refractivity contribution is 6.06. The molecule has 11 aromatic rings. The molecular formula is C64H45NO. The van der Waals surface area contributed by atoms with Gasteiger partial charge in [-0.1, -0.05) is 196 Å². The lowest BCUT2D eigenvalue weighted by atomic mass is 9.67. The van der Waals surface area contributed by atoms with Crippen LogP contribution in [0.5, 0.6) is 0 Å². The number of fused-ring (bicyclic) bond motifs is 9. The minimum absolute atomic E-state index is 0.142. The molecule has 0 aliphatic heterocycles. The summed E-state index contributed by atoms with van der Waals surface area (Å²) in [5.74, 6) is 0. The molecule has 0 unspecified atom stereocenters. The molecule has 0 saturated heterocycles. The molecule has 1 aromatic heterocycles. The van der Waals surface area contributed by atoms with E-state index in [2.05, 4.69) is 243 Å². The molecule has 312 valence electrons. The van der Waals surface area contributed by atoms with Gasteiger partial charge in [0.25, 0.3) is 0 Å². The zero-order chi connectivity index (χ0) is 44.0. The summed E-state index contributed by atoms with van der Waals surface area (Å²) in [4.78, 5) is 2.44. The minimum Gasteiger partial charge on any atom is -0.456 e. The minimum atomic E-state index is -0.472. The largest absolute Gasteiger partial charge is 0.456 e. The Morgan fingerprint density at radius 2 is 0.909 bits per heavy atom. The average molecular weight is 844 g/mol. The first kappa shape index (κ1) is 38.3. The van der Waals surface area contributed by atoms with Gasteiger partial charge in [0, 0.05) is 33.2 Å². The number of benzene rings is 10. The Bertz CT molecular complexity index is 3630. The van der Waals surface area contributed by atoms with Crippen LogP contribution in [0.15, 0.2) is 241 Å². The lowest BCUT2D eigenvalue weighted by molar-refractivity contribution is 0.660. The summed E-state index contributed by atoms with van der Waals surface area (Å²) < 4.78 is 6.19. The van der Waals surface area contributed by atoms with Crippen molar-refractivity contribution in [2.45, 2.75) is 24.7 Å². The van der Waals surface area contributed by atoms with Crippen LogP contribution in [0.2, 0.25) is 0 Å². The number of rotatable bonds is 7. The van der Waals surface area contributed by atoms with Crippen LogP contribution in [0.3, 0.4) is 0 Å². The van der Waals surface area contributed by atoms with Crippen LogP contribution in [0.1, 0.15) is 47.2 Å². The van der Waals surface area contributed by atoms with E-state index in [1.807, 2.05) is 12.1 Å². The first-order chi connectivity index (χ1) is 32.5. The fourth-order valence-corrected chi connectivity index (χ4v) is 11.5. The number of para-hydroxylation sites is 1. The van der Waals surface area contributed by atoms with Crippen molar-refractivity contribution in [2.24, 2.45) is 0 Å². The maximum atomic E-state index is 6.19. The van der Waals surface area contributed by atoms with Crippen LogP contribution in [0.25, 0.3) is 66.4 Å². The normalized spacial score (nSPS) is 13.8. The molecular weight excluding hydrogens is 799 g/mol. The second-order valence-corrected chi connectivity index (χ2v) is 18.4. The Hall–Kier alpha value is -8.20. The summed E-state index contributed by atoms with van der Waals surface area (Å²) in [6.45, 7) is 4.72. The van der Waals surface area contributed by atoms with E-state index in [-0.39, 0.29) is 5.41 Å². The molecule has 66 heavy (non-hydrogen) atoms. The zero-order valence-corrected chi connectivity index (χ0v) is 36.9. The Morgan fingerprint density at radius 1 is 0.333 bits per heavy atom. The van der Waals surface area contributed by atoms with Crippen molar-refractivity contribution in [2.75, 3.05) is 4.90 Å². The summed E-state index contributed by atoms with van der Waals surface area (Å²) in [5.41, 5.74) is 22.3. The van der Waals surface area contributed by atoms with E-state index in [9.17, 15) is 0 Å². The summed E-state index contributed by atoms with van der Waals surface area (Å²) in [6, 6.07) is 87.1. The highest BCUT2D eigenvalue weighted by atomic mass is 16.3. The van der Waals surface area contributed by atoms with E-state index < -0.39 is 5.41 Å². The van der Waals surface area contributed by atoms with Gasteiger partial charge in [-0.15, -0.1) is 0 Å². The van der Waals surface area contributed by atoms with Crippen molar-refractivity contribution < 1.29 is 4.42 Å². The Morgan fingerprint density at radius 3 is 1.70 bits per heavy atom. The summed E-state index contributed by atoms with van der Waals surface area (Å²) in [6.07, 6.45) is 0. The number of nitrogens with zero attached hydrogens (tertiary/aromatic N) is 1. The third-order valence-electron chi connectivity index (χ3n) is 14.6. The maximum Gasteiger partial charge on any atom is 0.135 e. The van der Waals surface area contributed by atoms with Crippen molar-refractivity contribution in [3.63, 3.8) is 0 Å². The van der Waals surface area contributed by atoms with Gasteiger partial charge in [0.15, 0.2) is 0 Å². The SMILES string of the molecule is CC1(C)c2ccccc2-c2ccc(N(c3ccc(-c4ccc5oc6ccccc6c5c4)cc3)c3cccc(-c4cccc5c4-c4ccccc4C5(c4ccccc4)c4ccccc4)c3)cc21. The molecule has 0 amide bonds. The van der Waals surface area contributed by atoms with E-state index in [1.54, 1.807) is 0 Å². The predicted molar refractivity (Wildman–Crippen MR) is 274 cm³/mol. The van der Waals surface area contributed by atoms with Crippen LogP contribution in [-0.4, -0.2) is 0 Å². The highest BCUT2D eigenvalue weighted by Crippen LogP contribution is 2.58. The molecule has 0 N–H and O–H groups in total. The van der Waals surface area contributed by atoms with Gasteiger partial charge in [-0.25, -0.2) is 0 Å². The van der Waals surface area contributed by atoms with E-state index in [0.717, 1.165) is 50.1 Å². The van der Waals surface area contributed by atoms with Crippen LogP contribution in [0.4, 0.5) is 17.1 Å². The fourth-order valence-electron chi connectivity index (χ4n) is 11.5. The summed E-state index contributed by atoms with van der Waals surface area (Å²) in [5, 5.41) is 2.27. The van der Waals surface area contributed by atoms with Crippen LogP contribution >= 0.6 is 0 Å². The van der Waals surface area contributed by atoms with Crippen LogP contribution in [0, 0.1) is 0 Å². The van der Waals surface area contributed by atoms with Gasteiger partial charge in [-0.3, -0.25) is 0 Å². The van der Waals surface area contributed by atoms with Gasteiger partial charge in [0.1, 0.15) is 11.2 Å². The van der Waals surface area contributed by atoms with Crippen molar-refractivity contribution in [1.29, 1.82) is 0 Å². The third-order valence-corrected chi connectivity index (χ3v) is 14.6. The lowest BCUT2D eigenvalue weighted by Gasteiger charge is -2.34. The number of hydrogen-bond acceptors (Lipinski definition) is 2.